The molecule has 13 nitrogen and oxygen atoms in total. The summed E-state index contributed by atoms with van der Waals surface area (Å²) in [6.45, 7) is 8.37. The number of hydrogen-bond donors (Lipinski definition) is 1. The van der Waals surface area contributed by atoms with Crippen molar-refractivity contribution in [2.45, 2.75) is 38.9 Å². The fraction of sp³-hybridized carbons (Fsp3) is 0.432. The average molecular weight is 721 g/mol. The minimum Gasteiger partial charge on any atom is -0.472 e. The van der Waals surface area contributed by atoms with E-state index < -0.39 is 29.4 Å². The number of carbonyl (C=O) groups is 4. The molecule has 2 aromatic carbocycles. The topological polar surface area (TPSA) is 136 Å². The highest BCUT2D eigenvalue weighted by atomic mass is 19.1. The van der Waals surface area contributed by atoms with Gasteiger partial charge >= 0.3 is 12.2 Å². The number of halogens is 2. The largest absolute Gasteiger partial charge is 0.472 e. The fourth-order valence-corrected chi connectivity index (χ4v) is 6.49. The Kier molecular flexibility index (Phi) is 10.5. The Morgan fingerprint density at radius 2 is 1.37 bits per heavy atom. The molecule has 0 aliphatic carbocycles. The van der Waals surface area contributed by atoms with Crippen molar-refractivity contribution in [1.82, 2.24) is 24.6 Å². The van der Waals surface area contributed by atoms with Crippen LogP contribution in [0.4, 0.5) is 24.1 Å². The minimum absolute atomic E-state index is 0.177. The van der Waals surface area contributed by atoms with Gasteiger partial charge in [0, 0.05) is 88.3 Å². The van der Waals surface area contributed by atoms with Crippen LogP contribution in [-0.4, -0.2) is 131 Å². The van der Waals surface area contributed by atoms with E-state index in [0.29, 0.717) is 49.4 Å². The smallest absolute Gasteiger partial charge is 0.410 e. The first kappa shape index (κ1) is 36.3. The normalized spacial score (nSPS) is 18.0. The number of anilines is 1. The van der Waals surface area contributed by atoms with Crippen LogP contribution in [0.1, 0.15) is 47.9 Å². The number of carboxylic acid groups (broad SMARTS) is 1. The fourth-order valence-electron chi connectivity index (χ4n) is 6.49. The zero-order valence-corrected chi connectivity index (χ0v) is 29.4. The highest BCUT2D eigenvalue weighted by molar-refractivity contribution is 5.97. The van der Waals surface area contributed by atoms with Crippen molar-refractivity contribution in [2.75, 3.05) is 70.3 Å². The zero-order chi connectivity index (χ0) is 37.2. The monoisotopic (exact) mass is 720 g/mol. The molecular weight excluding hydrogens is 678 g/mol. The summed E-state index contributed by atoms with van der Waals surface area (Å²) in [4.78, 5) is 63.5. The summed E-state index contributed by atoms with van der Waals surface area (Å²) in [5, 5.41) is 9.23. The van der Waals surface area contributed by atoms with Crippen LogP contribution in [0.15, 0.2) is 54.7 Å². The molecule has 0 radical (unpaired) electrons. The first-order chi connectivity index (χ1) is 24.7. The Balaban J connectivity index is 1.11. The van der Waals surface area contributed by atoms with E-state index in [-0.39, 0.29) is 74.2 Å². The van der Waals surface area contributed by atoms with E-state index in [1.54, 1.807) is 59.7 Å². The third-order valence-electron chi connectivity index (χ3n) is 9.23. The van der Waals surface area contributed by atoms with Gasteiger partial charge in [-0.1, -0.05) is 12.1 Å². The van der Waals surface area contributed by atoms with Gasteiger partial charge in [0.1, 0.15) is 23.3 Å². The van der Waals surface area contributed by atoms with Crippen LogP contribution in [0.25, 0.3) is 11.1 Å². The maximum absolute atomic E-state index is 14.7. The quantitative estimate of drug-likeness (QED) is 0.381. The first-order valence-corrected chi connectivity index (χ1v) is 17.3. The molecule has 1 N–H and O–H groups in total. The predicted octanol–water partition coefficient (Wildman–Crippen LogP) is 4.81. The second kappa shape index (κ2) is 15.0. The Morgan fingerprint density at radius 1 is 0.750 bits per heavy atom. The number of ether oxygens (including phenoxy) is 2. The molecule has 1 unspecified atom stereocenters. The molecule has 1 atom stereocenters. The maximum Gasteiger partial charge on any atom is 0.410 e. The number of likely N-dealkylation sites (tertiary alicyclic amines) is 1. The lowest BCUT2D eigenvalue weighted by atomic mass is 10.0. The van der Waals surface area contributed by atoms with Crippen LogP contribution in [0.3, 0.4) is 0 Å². The molecule has 0 spiro atoms. The second-order valence-electron chi connectivity index (χ2n) is 14.1. The van der Waals surface area contributed by atoms with Crippen molar-refractivity contribution in [3.8, 4) is 17.0 Å². The number of aromatic nitrogens is 1. The van der Waals surface area contributed by atoms with E-state index in [2.05, 4.69) is 4.98 Å². The van der Waals surface area contributed by atoms with Gasteiger partial charge in [-0.2, -0.15) is 0 Å². The van der Waals surface area contributed by atoms with Gasteiger partial charge in [-0.25, -0.2) is 23.4 Å². The van der Waals surface area contributed by atoms with Crippen molar-refractivity contribution >= 4 is 29.7 Å². The number of nitrogens with zero attached hydrogens (tertiary/aromatic N) is 6. The molecule has 15 heteroatoms. The highest BCUT2D eigenvalue weighted by Gasteiger charge is 2.33. The molecule has 1 aromatic heterocycles. The Morgan fingerprint density at radius 3 is 1.98 bits per heavy atom. The summed E-state index contributed by atoms with van der Waals surface area (Å²) in [5.74, 6) is -1.42. The molecule has 4 heterocycles. The van der Waals surface area contributed by atoms with E-state index >= 15 is 0 Å². The number of amides is 4. The zero-order valence-electron chi connectivity index (χ0n) is 29.4. The molecule has 6 rings (SSSR count). The molecule has 52 heavy (non-hydrogen) atoms. The molecule has 0 saturated carbocycles. The van der Waals surface area contributed by atoms with E-state index in [9.17, 15) is 33.1 Å². The van der Waals surface area contributed by atoms with E-state index in [0.717, 1.165) is 0 Å². The third-order valence-corrected chi connectivity index (χ3v) is 9.23. The molecule has 3 aliphatic rings. The summed E-state index contributed by atoms with van der Waals surface area (Å²) >= 11 is 0. The Hall–Kier alpha value is -5.47. The summed E-state index contributed by atoms with van der Waals surface area (Å²) in [5.41, 5.74) is 1.41. The van der Waals surface area contributed by atoms with Crippen molar-refractivity contribution in [2.24, 2.45) is 0 Å². The third kappa shape index (κ3) is 8.52. The summed E-state index contributed by atoms with van der Waals surface area (Å²) < 4.78 is 40.3. The van der Waals surface area contributed by atoms with Gasteiger partial charge in [-0.15, -0.1) is 0 Å². The van der Waals surface area contributed by atoms with Crippen molar-refractivity contribution < 1.29 is 42.5 Å². The van der Waals surface area contributed by atoms with Crippen LogP contribution in [-0.2, 0) is 4.74 Å². The lowest BCUT2D eigenvalue weighted by molar-refractivity contribution is 0.0274. The molecule has 3 saturated heterocycles. The second-order valence-corrected chi connectivity index (χ2v) is 14.1. The average Bonchev–Trinajstić information content (AvgIpc) is 3.59. The van der Waals surface area contributed by atoms with E-state index in [4.69, 9.17) is 9.47 Å². The molecule has 276 valence electrons. The van der Waals surface area contributed by atoms with Gasteiger partial charge in [-0.3, -0.25) is 9.59 Å². The van der Waals surface area contributed by atoms with Crippen LogP contribution in [0.5, 0.6) is 5.88 Å². The Labute approximate surface area is 300 Å². The van der Waals surface area contributed by atoms with Gasteiger partial charge in [-0.05, 0) is 62.7 Å². The molecular formula is C37H42F2N6O7. The molecule has 3 aromatic rings. The number of pyridine rings is 1. The van der Waals surface area contributed by atoms with Crippen LogP contribution < -0.4 is 9.64 Å². The number of hydrogen-bond acceptors (Lipinski definition) is 8. The standard InChI is InChI=1S/C37H42F2N6O7/c1-37(2,3)52-36(50)45-9-8-30(23-45)51-32-31(24-4-6-27(38)7-5-24)20-26(22-40-32)34(47)43-14-12-42(13-15-43)33(46)25-18-28(39)21-29(19-25)41-10-16-44(17-11-41)35(48)49/h4-7,18-22,30H,8-17,23H2,1-3H3,(H,48,49). The number of benzene rings is 2. The van der Waals surface area contributed by atoms with Crippen molar-refractivity contribution in [1.29, 1.82) is 0 Å². The van der Waals surface area contributed by atoms with Gasteiger partial charge in [0.15, 0.2) is 0 Å². The minimum atomic E-state index is -1.00. The lowest BCUT2D eigenvalue weighted by Gasteiger charge is -2.36. The van der Waals surface area contributed by atoms with Gasteiger partial charge in [0.25, 0.3) is 11.8 Å². The molecule has 3 fully saturated rings. The Bertz CT molecular complexity index is 1820. The molecule has 3 aliphatic heterocycles. The van der Waals surface area contributed by atoms with E-state index in [1.165, 1.54) is 35.4 Å². The van der Waals surface area contributed by atoms with Crippen LogP contribution in [0, 0.1) is 11.6 Å². The maximum atomic E-state index is 14.7. The van der Waals surface area contributed by atoms with Crippen LogP contribution >= 0.6 is 0 Å². The summed E-state index contributed by atoms with van der Waals surface area (Å²) in [7, 11) is 0. The first-order valence-electron chi connectivity index (χ1n) is 17.3. The number of piperazine rings is 2. The van der Waals surface area contributed by atoms with Gasteiger partial charge in [0.05, 0.1) is 12.1 Å². The summed E-state index contributed by atoms with van der Waals surface area (Å²) in [6, 6.07) is 11.6. The van der Waals surface area contributed by atoms with Crippen molar-refractivity contribution in [3.63, 3.8) is 0 Å². The highest BCUT2D eigenvalue weighted by Crippen LogP contribution is 2.32. The summed E-state index contributed by atoms with van der Waals surface area (Å²) in [6.07, 6.45) is 0.170. The number of rotatable bonds is 6. The SMILES string of the molecule is CC(C)(C)OC(=O)N1CCC(Oc2ncc(C(=O)N3CCN(C(=O)c4cc(F)cc(N5CCN(C(=O)O)CC5)c4)CC3)cc2-c2ccc(F)cc2)C1. The lowest BCUT2D eigenvalue weighted by Crippen LogP contribution is -2.50. The molecule has 0 bridgehead atoms. The predicted molar refractivity (Wildman–Crippen MR) is 186 cm³/mol. The number of carbonyl (C=O) groups excluding carboxylic acids is 3. The van der Waals surface area contributed by atoms with Crippen LogP contribution in [0.2, 0.25) is 0 Å². The van der Waals surface area contributed by atoms with E-state index in [1.807, 2.05) is 4.90 Å². The molecule has 4 amide bonds. The van der Waals surface area contributed by atoms with Gasteiger partial charge < -0.3 is 39.1 Å². The van der Waals surface area contributed by atoms with Crippen molar-refractivity contribution in [3.05, 3.63) is 77.5 Å². The van der Waals surface area contributed by atoms with Gasteiger partial charge in [0.2, 0.25) is 5.88 Å².